The average Bonchev–Trinajstić information content (AvgIpc) is 2.79. The number of nitrogens with one attached hydrogen (secondary N) is 2. The van der Waals surface area contributed by atoms with E-state index in [4.69, 9.17) is 4.74 Å². The first-order chi connectivity index (χ1) is 15.7. The number of nitriles is 1. The van der Waals surface area contributed by atoms with Gasteiger partial charge in [0.2, 0.25) is 11.8 Å². The van der Waals surface area contributed by atoms with Crippen LogP contribution >= 0.6 is 27.7 Å². The Bertz CT molecular complexity index is 1160. The maximum atomic E-state index is 12.6. The molecule has 0 saturated carbocycles. The highest BCUT2D eigenvalue weighted by atomic mass is 79.9. The number of amides is 2. The summed E-state index contributed by atoms with van der Waals surface area (Å²) in [5, 5.41) is 15.8. The standard InChI is InChI=1S/C24H22BrN3O4S/c1-13-8-17(25)9-14(2)22(13)27-21(30)12-33-23-19(11-26)18(10-20(29)28-23)15-4-6-16(7-5-15)24(31)32-3/h4-9,18H,10,12H2,1-3H3,(H,27,30)(H,28,29)/t18-/m0/s1. The van der Waals surface area contributed by atoms with Crippen LogP contribution in [0.1, 0.15) is 39.4 Å². The molecule has 1 aliphatic rings. The van der Waals surface area contributed by atoms with E-state index in [0.717, 1.165) is 38.6 Å². The number of allylic oxidation sites excluding steroid dienone is 1. The smallest absolute Gasteiger partial charge is 0.337 e. The second kappa shape index (κ2) is 10.7. The van der Waals surface area contributed by atoms with Gasteiger partial charge in [-0.15, -0.1) is 0 Å². The number of methoxy groups -OCH3 is 1. The number of ether oxygens (including phenoxy) is 1. The fourth-order valence-electron chi connectivity index (χ4n) is 3.61. The Morgan fingerprint density at radius 2 is 1.88 bits per heavy atom. The Morgan fingerprint density at radius 3 is 2.45 bits per heavy atom. The predicted molar refractivity (Wildman–Crippen MR) is 131 cm³/mol. The molecule has 1 aliphatic heterocycles. The lowest BCUT2D eigenvalue weighted by molar-refractivity contribution is -0.121. The first-order valence-corrected chi connectivity index (χ1v) is 11.8. The molecule has 3 rings (SSSR count). The number of anilines is 1. The third kappa shape index (κ3) is 5.83. The molecular weight excluding hydrogens is 506 g/mol. The number of benzene rings is 2. The highest BCUT2D eigenvalue weighted by Crippen LogP contribution is 2.36. The van der Waals surface area contributed by atoms with Crippen molar-refractivity contribution in [2.75, 3.05) is 18.2 Å². The number of carbonyl (C=O) groups is 3. The molecule has 0 bridgehead atoms. The van der Waals surface area contributed by atoms with Crippen molar-refractivity contribution in [1.82, 2.24) is 5.32 Å². The average molecular weight is 528 g/mol. The van der Waals surface area contributed by atoms with Gasteiger partial charge in [-0.25, -0.2) is 4.79 Å². The van der Waals surface area contributed by atoms with Gasteiger partial charge in [-0.2, -0.15) is 5.26 Å². The molecule has 33 heavy (non-hydrogen) atoms. The number of hydrogen-bond donors (Lipinski definition) is 2. The molecule has 2 aromatic carbocycles. The van der Waals surface area contributed by atoms with Crippen LogP contribution in [0.5, 0.6) is 0 Å². The van der Waals surface area contributed by atoms with Gasteiger partial charge in [0.05, 0.1) is 35.1 Å². The quantitative estimate of drug-likeness (QED) is 0.533. The molecule has 0 aliphatic carbocycles. The van der Waals surface area contributed by atoms with Crippen LogP contribution in [-0.4, -0.2) is 30.6 Å². The molecule has 170 valence electrons. The van der Waals surface area contributed by atoms with E-state index in [1.54, 1.807) is 24.3 Å². The van der Waals surface area contributed by atoms with Crippen LogP contribution in [0.15, 0.2) is 51.5 Å². The zero-order valence-electron chi connectivity index (χ0n) is 18.3. The number of nitrogens with zero attached hydrogens (tertiary/aromatic N) is 1. The minimum absolute atomic E-state index is 0.0315. The van der Waals surface area contributed by atoms with Crippen molar-refractivity contribution in [2.45, 2.75) is 26.2 Å². The first kappa shape index (κ1) is 24.6. The van der Waals surface area contributed by atoms with E-state index < -0.39 is 11.9 Å². The molecule has 7 nitrogen and oxygen atoms in total. The fourth-order valence-corrected chi connectivity index (χ4v) is 5.17. The van der Waals surface area contributed by atoms with Gasteiger partial charge >= 0.3 is 5.97 Å². The third-order valence-electron chi connectivity index (χ3n) is 5.20. The molecule has 0 unspecified atom stereocenters. The van der Waals surface area contributed by atoms with Gasteiger partial charge in [0.1, 0.15) is 0 Å². The molecule has 0 spiro atoms. The minimum atomic E-state index is -0.461. The van der Waals surface area contributed by atoms with Crippen molar-refractivity contribution in [3.05, 3.63) is 73.7 Å². The molecule has 0 fully saturated rings. The monoisotopic (exact) mass is 527 g/mol. The molecule has 1 heterocycles. The summed E-state index contributed by atoms with van der Waals surface area (Å²) in [6.45, 7) is 3.82. The van der Waals surface area contributed by atoms with Gasteiger partial charge in [0, 0.05) is 22.5 Å². The zero-order chi connectivity index (χ0) is 24.1. The summed E-state index contributed by atoms with van der Waals surface area (Å²) >= 11 is 4.55. The molecule has 2 aromatic rings. The number of hydrogen-bond acceptors (Lipinski definition) is 6. The Kier molecular flexibility index (Phi) is 7.95. The number of rotatable bonds is 6. The summed E-state index contributed by atoms with van der Waals surface area (Å²) in [7, 11) is 1.30. The lowest BCUT2D eigenvalue weighted by Gasteiger charge is -2.25. The van der Waals surface area contributed by atoms with Gasteiger partial charge in [-0.05, 0) is 54.8 Å². The summed E-state index contributed by atoms with van der Waals surface area (Å²) in [5.41, 5.74) is 4.10. The molecule has 2 amide bonds. The van der Waals surface area contributed by atoms with Gasteiger partial charge < -0.3 is 15.4 Å². The molecule has 0 aromatic heterocycles. The number of halogens is 1. The Balaban J connectivity index is 1.77. The summed E-state index contributed by atoms with van der Waals surface area (Å²) < 4.78 is 5.64. The highest BCUT2D eigenvalue weighted by molar-refractivity contribution is 9.10. The number of thioether (sulfide) groups is 1. The van der Waals surface area contributed by atoms with Crippen molar-refractivity contribution >= 4 is 51.2 Å². The summed E-state index contributed by atoms with van der Waals surface area (Å²) in [4.78, 5) is 36.6. The molecule has 9 heteroatoms. The second-order valence-corrected chi connectivity index (χ2v) is 9.43. The van der Waals surface area contributed by atoms with Crippen LogP contribution in [0.3, 0.4) is 0 Å². The van der Waals surface area contributed by atoms with E-state index in [-0.39, 0.29) is 24.0 Å². The Labute approximate surface area is 204 Å². The number of carbonyl (C=O) groups excluding carboxylic acids is 3. The normalized spacial score (nSPS) is 15.5. The van der Waals surface area contributed by atoms with E-state index in [1.165, 1.54) is 7.11 Å². The van der Waals surface area contributed by atoms with Crippen LogP contribution in [0.4, 0.5) is 5.69 Å². The lowest BCUT2D eigenvalue weighted by atomic mass is 9.87. The third-order valence-corrected chi connectivity index (χ3v) is 6.67. The van der Waals surface area contributed by atoms with Crippen molar-refractivity contribution < 1.29 is 19.1 Å². The predicted octanol–water partition coefficient (Wildman–Crippen LogP) is 4.56. The second-order valence-electron chi connectivity index (χ2n) is 7.52. The van der Waals surface area contributed by atoms with E-state index in [2.05, 4.69) is 32.6 Å². The molecular formula is C24H22BrN3O4S. The number of esters is 1. The summed E-state index contributed by atoms with van der Waals surface area (Å²) in [6, 6.07) is 12.6. The van der Waals surface area contributed by atoms with Crippen LogP contribution in [0.25, 0.3) is 0 Å². The molecule has 2 N–H and O–H groups in total. The van der Waals surface area contributed by atoms with Gasteiger partial charge in [-0.1, -0.05) is 39.8 Å². The van der Waals surface area contributed by atoms with Crippen LogP contribution < -0.4 is 10.6 Å². The van der Waals surface area contributed by atoms with Crippen LogP contribution in [0, 0.1) is 25.2 Å². The topological polar surface area (TPSA) is 108 Å². The van der Waals surface area contributed by atoms with Gasteiger partial charge in [0.25, 0.3) is 0 Å². The summed E-state index contributed by atoms with van der Waals surface area (Å²) in [5.74, 6) is -1.37. The Hall–Kier alpha value is -3.09. The maximum absolute atomic E-state index is 12.6. The SMILES string of the molecule is COC(=O)c1ccc([C@@H]2CC(=O)NC(SCC(=O)Nc3c(C)cc(Br)cc3C)=C2C#N)cc1. The van der Waals surface area contributed by atoms with Gasteiger partial charge in [0.15, 0.2) is 0 Å². The molecule has 0 saturated heterocycles. The van der Waals surface area contributed by atoms with E-state index in [9.17, 15) is 19.6 Å². The van der Waals surface area contributed by atoms with E-state index >= 15 is 0 Å². The van der Waals surface area contributed by atoms with E-state index in [0.29, 0.717) is 16.2 Å². The minimum Gasteiger partial charge on any atom is -0.465 e. The van der Waals surface area contributed by atoms with E-state index in [1.807, 2.05) is 26.0 Å². The van der Waals surface area contributed by atoms with Crippen LogP contribution in [-0.2, 0) is 14.3 Å². The van der Waals surface area contributed by atoms with Crippen molar-refractivity contribution in [3.8, 4) is 6.07 Å². The largest absolute Gasteiger partial charge is 0.465 e. The first-order valence-electron chi connectivity index (χ1n) is 10.0. The van der Waals surface area contributed by atoms with Crippen LogP contribution in [0.2, 0.25) is 0 Å². The number of aryl methyl sites for hydroxylation is 2. The van der Waals surface area contributed by atoms with Crippen molar-refractivity contribution in [3.63, 3.8) is 0 Å². The van der Waals surface area contributed by atoms with Crippen molar-refractivity contribution in [2.24, 2.45) is 0 Å². The zero-order valence-corrected chi connectivity index (χ0v) is 20.7. The fraction of sp³-hybridized carbons (Fsp3) is 0.250. The maximum Gasteiger partial charge on any atom is 0.337 e. The summed E-state index contributed by atoms with van der Waals surface area (Å²) in [6.07, 6.45) is 0.105. The Morgan fingerprint density at radius 1 is 1.24 bits per heavy atom. The lowest BCUT2D eigenvalue weighted by Crippen LogP contribution is -2.31. The van der Waals surface area contributed by atoms with Crippen molar-refractivity contribution in [1.29, 1.82) is 5.26 Å². The molecule has 0 radical (unpaired) electrons. The van der Waals surface area contributed by atoms with Gasteiger partial charge in [-0.3, -0.25) is 9.59 Å². The highest BCUT2D eigenvalue weighted by Gasteiger charge is 2.30. The molecule has 1 atom stereocenters.